The molecule has 0 saturated carbocycles. The standard InChI is InChI=1S/C10H10FNO3/c11-5-7-3-1-2-4-8(7)10(15)12-6-9(13)14/h1-4H,5-6H2,(H,12,15)(H,13,14). The molecule has 1 amide bonds. The third-order valence-corrected chi connectivity index (χ3v) is 1.81. The monoisotopic (exact) mass is 211 g/mol. The van der Waals surface area contributed by atoms with Crippen molar-refractivity contribution in [2.24, 2.45) is 0 Å². The van der Waals surface area contributed by atoms with Gasteiger partial charge in [-0.2, -0.15) is 0 Å². The van der Waals surface area contributed by atoms with Crippen molar-refractivity contribution < 1.29 is 19.1 Å². The largest absolute Gasteiger partial charge is 0.480 e. The van der Waals surface area contributed by atoms with E-state index >= 15 is 0 Å². The third-order valence-electron chi connectivity index (χ3n) is 1.81. The number of hydrogen-bond acceptors (Lipinski definition) is 2. The summed E-state index contributed by atoms with van der Waals surface area (Å²) in [5.74, 6) is -1.72. The summed E-state index contributed by atoms with van der Waals surface area (Å²) in [5, 5.41) is 10.5. The van der Waals surface area contributed by atoms with E-state index in [9.17, 15) is 14.0 Å². The predicted molar refractivity (Wildman–Crippen MR) is 51.2 cm³/mol. The van der Waals surface area contributed by atoms with Gasteiger partial charge in [-0.1, -0.05) is 18.2 Å². The van der Waals surface area contributed by atoms with Crippen LogP contribution in [0.15, 0.2) is 24.3 Å². The van der Waals surface area contributed by atoms with Crippen LogP contribution >= 0.6 is 0 Å². The van der Waals surface area contributed by atoms with Crippen LogP contribution in [0.5, 0.6) is 0 Å². The van der Waals surface area contributed by atoms with Crippen LogP contribution in [0.4, 0.5) is 4.39 Å². The van der Waals surface area contributed by atoms with Crippen molar-refractivity contribution in [2.45, 2.75) is 6.67 Å². The fourth-order valence-corrected chi connectivity index (χ4v) is 1.11. The van der Waals surface area contributed by atoms with Crippen LogP contribution in [0.25, 0.3) is 0 Å². The highest BCUT2D eigenvalue weighted by molar-refractivity contribution is 5.97. The summed E-state index contributed by atoms with van der Waals surface area (Å²) >= 11 is 0. The quantitative estimate of drug-likeness (QED) is 0.779. The molecule has 0 fully saturated rings. The van der Waals surface area contributed by atoms with Crippen molar-refractivity contribution in [1.29, 1.82) is 0 Å². The predicted octanol–water partition coefficient (Wildman–Crippen LogP) is 0.970. The van der Waals surface area contributed by atoms with Crippen LogP contribution in [-0.4, -0.2) is 23.5 Å². The highest BCUT2D eigenvalue weighted by atomic mass is 19.1. The van der Waals surface area contributed by atoms with Gasteiger partial charge in [-0.05, 0) is 11.6 Å². The maximum Gasteiger partial charge on any atom is 0.322 e. The van der Waals surface area contributed by atoms with E-state index in [1.807, 2.05) is 0 Å². The molecule has 0 saturated heterocycles. The zero-order valence-electron chi connectivity index (χ0n) is 7.87. The average molecular weight is 211 g/mol. The summed E-state index contributed by atoms with van der Waals surface area (Å²) in [6.07, 6.45) is 0. The Kier molecular flexibility index (Phi) is 3.79. The van der Waals surface area contributed by atoms with E-state index in [0.29, 0.717) is 0 Å². The lowest BCUT2D eigenvalue weighted by molar-refractivity contribution is -0.135. The summed E-state index contributed by atoms with van der Waals surface area (Å²) in [6.45, 7) is -1.23. The maximum atomic E-state index is 12.4. The minimum absolute atomic E-state index is 0.168. The minimum atomic E-state index is -1.14. The Morgan fingerprint density at radius 2 is 2.00 bits per heavy atom. The summed E-state index contributed by atoms with van der Waals surface area (Å²) in [4.78, 5) is 21.6. The first-order chi connectivity index (χ1) is 7.15. The van der Waals surface area contributed by atoms with E-state index in [2.05, 4.69) is 5.32 Å². The highest BCUT2D eigenvalue weighted by Crippen LogP contribution is 2.09. The molecule has 0 aliphatic carbocycles. The first-order valence-corrected chi connectivity index (χ1v) is 4.29. The Hall–Kier alpha value is -1.91. The number of carboxylic acids is 1. The molecule has 0 atom stereocenters. The van der Waals surface area contributed by atoms with Crippen molar-refractivity contribution in [3.8, 4) is 0 Å². The molecule has 0 aliphatic rings. The molecule has 0 unspecified atom stereocenters. The number of nitrogens with one attached hydrogen (secondary N) is 1. The molecule has 80 valence electrons. The summed E-state index contributed by atoms with van der Waals surface area (Å²) in [7, 11) is 0. The zero-order chi connectivity index (χ0) is 11.3. The molecule has 5 heteroatoms. The molecule has 0 spiro atoms. The van der Waals surface area contributed by atoms with Gasteiger partial charge in [0.2, 0.25) is 0 Å². The molecule has 0 aliphatic heterocycles. The van der Waals surface area contributed by atoms with Crippen LogP contribution in [0.1, 0.15) is 15.9 Å². The summed E-state index contributed by atoms with van der Waals surface area (Å²) < 4.78 is 12.4. The van der Waals surface area contributed by atoms with E-state index < -0.39 is 25.1 Å². The van der Waals surface area contributed by atoms with Crippen LogP contribution in [0.3, 0.4) is 0 Å². The number of benzene rings is 1. The maximum absolute atomic E-state index is 12.4. The van der Waals surface area contributed by atoms with E-state index in [4.69, 9.17) is 5.11 Å². The molecule has 15 heavy (non-hydrogen) atoms. The van der Waals surface area contributed by atoms with Crippen molar-refractivity contribution in [3.05, 3.63) is 35.4 Å². The van der Waals surface area contributed by atoms with Gasteiger partial charge in [0.15, 0.2) is 0 Å². The van der Waals surface area contributed by atoms with Gasteiger partial charge >= 0.3 is 5.97 Å². The summed E-state index contributed by atoms with van der Waals surface area (Å²) in [6, 6.07) is 6.14. The molecular weight excluding hydrogens is 201 g/mol. The number of carboxylic acid groups (broad SMARTS) is 1. The second kappa shape index (κ2) is 5.09. The van der Waals surface area contributed by atoms with Crippen LogP contribution in [-0.2, 0) is 11.5 Å². The van der Waals surface area contributed by atoms with Gasteiger partial charge < -0.3 is 10.4 Å². The average Bonchev–Trinajstić information content (AvgIpc) is 2.25. The van der Waals surface area contributed by atoms with Crippen LogP contribution in [0, 0.1) is 0 Å². The lowest BCUT2D eigenvalue weighted by atomic mass is 10.1. The first kappa shape index (κ1) is 11.2. The number of carbonyl (C=O) groups excluding carboxylic acids is 1. The molecular formula is C10H10FNO3. The number of hydrogen-bond donors (Lipinski definition) is 2. The van der Waals surface area contributed by atoms with E-state index in [-0.39, 0.29) is 11.1 Å². The Morgan fingerprint density at radius 3 is 2.60 bits per heavy atom. The van der Waals surface area contributed by atoms with Gasteiger partial charge in [0.1, 0.15) is 13.2 Å². The molecule has 4 nitrogen and oxygen atoms in total. The van der Waals surface area contributed by atoms with Gasteiger partial charge in [0, 0.05) is 5.56 Å². The van der Waals surface area contributed by atoms with Crippen LogP contribution in [0.2, 0.25) is 0 Å². The number of amides is 1. The SMILES string of the molecule is O=C(O)CNC(=O)c1ccccc1CF. The lowest BCUT2D eigenvalue weighted by Gasteiger charge is -2.05. The van der Waals surface area contributed by atoms with E-state index in [1.54, 1.807) is 12.1 Å². The molecule has 2 N–H and O–H groups in total. The topological polar surface area (TPSA) is 66.4 Å². The summed E-state index contributed by atoms with van der Waals surface area (Å²) in [5.41, 5.74) is 0.418. The zero-order valence-corrected chi connectivity index (χ0v) is 7.87. The van der Waals surface area contributed by atoms with E-state index in [0.717, 1.165) is 0 Å². The number of aliphatic carboxylic acids is 1. The molecule has 0 bridgehead atoms. The highest BCUT2D eigenvalue weighted by Gasteiger charge is 2.10. The van der Waals surface area contributed by atoms with Crippen molar-refractivity contribution >= 4 is 11.9 Å². The number of alkyl halides is 1. The van der Waals surface area contributed by atoms with Gasteiger partial charge in [-0.25, -0.2) is 4.39 Å². The third kappa shape index (κ3) is 3.05. The number of carbonyl (C=O) groups is 2. The molecule has 1 aromatic rings. The van der Waals surface area contributed by atoms with Crippen molar-refractivity contribution in [2.75, 3.05) is 6.54 Å². The van der Waals surface area contributed by atoms with Gasteiger partial charge in [-0.15, -0.1) is 0 Å². The van der Waals surface area contributed by atoms with E-state index in [1.165, 1.54) is 12.1 Å². The fourth-order valence-electron chi connectivity index (χ4n) is 1.11. The van der Waals surface area contributed by atoms with Crippen molar-refractivity contribution in [1.82, 2.24) is 5.32 Å². The first-order valence-electron chi connectivity index (χ1n) is 4.29. The smallest absolute Gasteiger partial charge is 0.322 e. The normalized spacial score (nSPS) is 9.67. The van der Waals surface area contributed by atoms with Crippen molar-refractivity contribution in [3.63, 3.8) is 0 Å². The molecule has 0 radical (unpaired) electrons. The van der Waals surface area contributed by atoms with Gasteiger partial charge in [0.25, 0.3) is 5.91 Å². The number of rotatable bonds is 4. The molecule has 1 aromatic carbocycles. The number of halogens is 1. The Balaban J connectivity index is 2.77. The van der Waals surface area contributed by atoms with Crippen LogP contribution < -0.4 is 5.32 Å². The van der Waals surface area contributed by atoms with Gasteiger partial charge in [-0.3, -0.25) is 9.59 Å². The minimum Gasteiger partial charge on any atom is -0.480 e. The second-order valence-corrected chi connectivity index (χ2v) is 2.87. The van der Waals surface area contributed by atoms with Gasteiger partial charge in [0.05, 0.1) is 0 Å². The Labute approximate surface area is 85.7 Å². The molecule has 0 heterocycles. The fraction of sp³-hybridized carbons (Fsp3) is 0.200. The Morgan fingerprint density at radius 1 is 1.33 bits per heavy atom. The molecule has 0 aromatic heterocycles. The molecule has 1 rings (SSSR count). The second-order valence-electron chi connectivity index (χ2n) is 2.87. The Bertz CT molecular complexity index is 379. The lowest BCUT2D eigenvalue weighted by Crippen LogP contribution is -2.29.